The number of rotatable bonds is 8. The lowest BCUT2D eigenvalue weighted by Gasteiger charge is -2.25. The van der Waals surface area contributed by atoms with Gasteiger partial charge in [-0.3, -0.25) is 0 Å². The Kier molecular flexibility index (Phi) is 7.30. The molecule has 0 radical (unpaired) electrons. The molecule has 0 aliphatic carbocycles. The maximum atomic E-state index is 13.7. The number of hydrogen-bond acceptors (Lipinski definition) is 3. The van der Waals surface area contributed by atoms with Crippen molar-refractivity contribution in [2.45, 2.75) is 31.0 Å². The molecule has 5 nitrogen and oxygen atoms in total. The van der Waals surface area contributed by atoms with Crippen molar-refractivity contribution in [3.8, 4) is 0 Å². The number of fused-ring (bicyclic) bond motifs is 3. The molecule has 0 saturated heterocycles. The summed E-state index contributed by atoms with van der Waals surface area (Å²) in [5, 5.41) is 14.3. The van der Waals surface area contributed by atoms with Crippen molar-refractivity contribution >= 4 is 55.0 Å². The molecule has 37 heavy (non-hydrogen) atoms. The smallest absolute Gasteiger partial charge is 0.243 e. The van der Waals surface area contributed by atoms with Crippen LogP contribution < -0.4 is 0 Å². The predicted molar refractivity (Wildman–Crippen MR) is 151 cm³/mol. The van der Waals surface area contributed by atoms with E-state index < -0.39 is 16.1 Å². The summed E-state index contributed by atoms with van der Waals surface area (Å²) in [4.78, 5) is 0.197. The molecule has 1 heterocycles. The Morgan fingerprint density at radius 2 is 1.41 bits per heavy atom. The molecular weight excluding hydrogens is 527 g/mol. The van der Waals surface area contributed by atoms with Gasteiger partial charge in [0.05, 0.1) is 17.5 Å². The highest BCUT2D eigenvalue weighted by Crippen LogP contribution is 2.33. The van der Waals surface area contributed by atoms with E-state index in [0.717, 1.165) is 32.9 Å². The van der Waals surface area contributed by atoms with Gasteiger partial charge in [-0.1, -0.05) is 71.2 Å². The first-order chi connectivity index (χ1) is 17.7. The second-order valence-electron chi connectivity index (χ2n) is 9.18. The first-order valence-corrected chi connectivity index (χ1v) is 14.1. The summed E-state index contributed by atoms with van der Waals surface area (Å²) in [6.45, 7) is 2.17. The molecule has 0 aliphatic rings. The van der Waals surface area contributed by atoms with E-state index >= 15 is 0 Å². The van der Waals surface area contributed by atoms with Crippen molar-refractivity contribution in [3.63, 3.8) is 0 Å². The predicted octanol–water partition coefficient (Wildman–Crippen LogP) is 6.66. The van der Waals surface area contributed by atoms with Gasteiger partial charge in [0.25, 0.3) is 0 Å². The SMILES string of the molecule is Cc1ccc(S(=O)(=O)N(Cc2ccccc2)CC(O)Cn2c3ccc(Cl)cc3c3cc(Cl)ccc32)cc1. The van der Waals surface area contributed by atoms with Crippen molar-refractivity contribution < 1.29 is 13.5 Å². The minimum Gasteiger partial charge on any atom is -0.390 e. The molecule has 1 unspecified atom stereocenters. The molecule has 5 aromatic rings. The molecule has 0 aliphatic heterocycles. The fraction of sp³-hybridized carbons (Fsp3) is 0.172. The standard InChI is InChI=1S/C29H26Cl2N2O3S/c1-20-7-11-25(12-8-20)37(35,36)32(17-21-5-3-2-4-6-21)18-24(34)19-33-28-13-9-22(30)15-26(28)27-16-23(31)10-14-29(27)33/h2-16,24,34H,17-19H2,1H3. The molecule has 0 bridgehead atoms. The molecule has 0 fully saturated rings. The highest BCUT2D eigenvalue weighted by Gasteiger charge is 2.27. The lowest BCUT2D eigenvalue weighted by atomic mass is 10.1. The van der Waals surface area contributed by atoms with Crippen LogP contribution in [0, 0.1) is 6.92 Å². The minimum absolute atomic E-state index is 0.0759. The molecule has 0 amide bonds. The number of halogens is 2. The van der Waals surface area contributed by atoms with Gasteiger partial charge < -0.3 is 9.67 Å². The van der Waals surface area contributed by atoms with Crippen LogP contribution in [0.2, 0.25) is 10.0 Å². The Morgan fingerprint density at radius 1 is 0.838 bits per heavy atom. The number of sulfonamides is 1. The minimum atomic E-state index is -3.86. The summed E-state index contributed by atoms with van der Waals surface area (Å²) < 4.78 is 30.7. The van der Waals surface area contributed by atoms with Gasteiger partial charge in [0.1, 0.15) is 0 Å². The molecule has 5 rings (SSSR count). The lowest BCUT2D eigenvalue weighted by Crippen LogP contribution is -2.38. The van der Waals surface area contributed by atoms with E-state index in [9.17, 15) is 13.5 Å². The maximum absolute atomic E-state index is 13.7. The summed E-state index contributed by atoms with van der Waals surface area (Å²) in [6.07, 6.45) is -0.978. The van der Waals surface area contributed by atoms with Crippen molar-refractivity contribution in [2.24, 2.45) is 0 Å². The zero-order chi connectivity index (χ0) is 26.2. The first kappa shape index (κ1) is 25.8. The summed E-state index contributed by atoms with van der Waals surface area (Å²) in [7, 11) is -3.86. The average Bonchev–Trinajstić information content (AvgIpc) is 3.16. The van der Waals surface area contributed by atoms with Gasteiger partial charge in [-0.15, -0.1) is 0 Å². The summed E-state index contributed by atoms with van der Waals surface area (Å²) in [5.41, 5.74) is 3.58. The Morgan fingerprint density at radius 3 is 1.97 bits per heavy atom. The number of benzene rings is 4. The maximum Gasteiger partial charge on any atom is 0.243 e. The van der Waals surface area contributed by atoms with Crippen LogP contribution in [0.1, 0.15) is 11.1 Å². The molecule has 8 heteroatoms. The van der Waals surface area contributed by atoms with Crippen LogP contribution in [-0.4, -0.2) is 35.0 Å². The second-order valence-corrected chi connectivity index (χ2v) is 12.0. The van der Waals surface area contributed by atoms with E-state index in [0.29, 0.717) is 10.0 Å². The van der Waals surface area contributed by atoms with E-state index in [4.69, 9.17) is 23.2 Å². The van der Waals surface area contributed by atoms with E-state index in [1.54, 1.807) is 36.4 Å². The molecule has 1 N–H and O–H groups in total. The van der Waals surface area contributed by atoms with Gasteiger partial charge >= 0.3 is 0 Å². The molecule has 4 aromatic carbocycles. The molecule has 1 atom stereocenters. The van der Waals surface area contributed by atoms with Crippen LogP contribution in [0.3, 0.4) is 0 Å². The van der Waals surface area contributed by atoms with Gasteiger partial charge in [0, 0.05) is 44.9 Å². The Labute approximate surface area is 226 Å². The number of aryl methyl sites for hydroxylation is 1. The topological polar surface area (TPSA) is 62.5 Å². The number of hydrogen-bond donors (Lipinski definition) is 1. The van der Waals surface area contributed by atoms with Crippen LogP contribution in [0.25, 0.3) is 21.8 Å². The third-order valence-corrected chi connectivity index (χ3v) is 8.75. The zero-order valence-corrected chi connectivity index (χ0v) is 22.5. The molecular formula is C29H26Cl2N2O3S. The normalized spacial score (nSPS) is 13.0. The number of aromatic nitrogens is 1. The van der Waals surface area contributed by atoms with Crippen molar-refractivity contribution in [1.29, 1.82) is 0 Å². The third-order valence-electron chi connectivity index (χ3n) is 6.46. The van der Waals surface area contributed by atoms with Crippen LogP contribution >= 0.6 is 23.2 Å². The summed E-state index contributed by atoms with van der Waals surface area (Å²) in [6, 6.07) is 27.3. The van der Waals surface area contributed by atoms with Gasteiger partial charge in [-0.25, -0.2) is 8.42 Å². The first-order valence-electron chi connectivity index (χ1n) is 11.9. The van der Waals surface area contributed by atoms with Crippen molar-refractivity contribution in [2.75, 3.05) is 6.54 Å². The van der Waals surface area contributed by atoms with Crippen LogP contribution in [0.15, 0.2) is 95.9 Å². The van der Waals surface area contributed by atoms with Gasteiger partial charge in [0.2, 0.25) is 10.0 Å². The van der Waals surface area contributed by atoms with E-state index in [1.165, 1.54) is 4.31 Å². The monoisotopic (exact) mass is 552 g/mol. The van der Waals surface area contributed by atoms with Crippen LogP contribution in [0.4, 0.5) is 0 Å². The molecule has 0 saturated carbocycles. The lowest BCUT2D eigenvalue weighted by molar-refractivity contribution is 0.128. The molecule has 0 spiro atoms. The highest BCUT2D eigenvalue weighted by molar-refractivity contribution is 7.89. The van der Waals surface area contributed by atoms with Crippen LogP contribution in [0.5, 0.6) is 0 Å². The van der Waals surface area contributed by atoms with Crippen molar-refractivity contribution in [3.05, 3.63) is 112 Å². The van der Waals surface area contributed by atoms with E-state index in [2.05, 4.69) is 0 Å². The quantitative estimate of drug-likeness (QED) is 0.234. The van der Waals surface area contributed by atoms with E-state index in [-0.39, 0.29) is 24.5 Å². The largest absolute Gasteiger partial charge is 0.390 e. The second kappa shape index (κ2) is 10.5. The van der Waals surface area contributed by atoms with Crippen LogP contribution in [-0.2, 0) is 23.1 Å². The van der Waals surface area contributed by atoms with E-state index in [1.807, 2.05) is 66.1 Å². The number of nitrogens with zero attached hydrogens (tertiary/aromatic N) is 2. The molecule has 1 aromatic heterocycles. The van der Waals surface area contributed by atoms with Gasteiger partial charge in [0.15, 0.2) is 0 Å². The summed E-state index contributed by atoms with van der Waals surface area (Å²) in [5.74, 6) is 0. The fourth-order valence-electron chi connectivity index (χ4n) is 4.64. The Hall–Kier alpha value is -2.87. The number of aliphatic hydroxyl groups excluding tert-OH is 1. The molecule has 190 valence electrons. The Bertz CT molecular complexity index is 1610. The number of aliphatic hydroxyl groups is 1. The third kappa shape index (κ3) is 5.40. The average molecular weight is 554 g/mol. The summed E-state index contributed by atoms with van der Waals surface area (Å²) >= 11 is 12.5. The fourth-order valence-corrected chi connectivity index (χ4v) is 6.45. The van der Waals surface area contributed by atoms with Gasteiger partial charge in [-0.05, 0) is 61.0 Å². The zero-order valence-electron chi connectivity index (χ0n) is 20.2. The highest BCUT2D eigenvalue weighted by atomic mass is 35.5. The van der Waals surface area contributed by atoms with Gasteiger partial charge in [-0.2, -0.15) is 4.31 Å². The van der Waals surface area contributed by atoms with Crippen molar-refractivity contribution in [1.82, 2.24) is 8.87 Å². The Balaban J connectivity index is 1.50.